The normalized spacial score (nSPS) is 10.7. The van der Waals surface area contributed by atoms with E-state index in [4.69, 9.17) is 0 Å². The molecule has 21 heavy (non-hydrogen) atoms. The van der Waals surface area contributed by atoms with Crippen LogP contribution >= 0.6 is 11.3 Å². The molecule has 2 N–H and O–H groups in total. The van der Waals surface area contributed by atoms with Crippen molar-refractivity contribution in [2.24, 2.45) is 0 Å². The molecule has 2 rings (SSSR count). The first-order valence-electron chi connectivity index (χ1n) is 6.98. The number of hydrogen-bond acceptors (Lipinski definition) is 5. The second-order valence-electron chi connectivity index (χ2n) is 5.09. The highest BCUT2D eigenvalue weighted by Crippen LogP contribution is 2.23. The highest BCUT2D eigenvalue weighted by atomic mass is 32.1. The average Bonchev–Trinajstić information content (AvgIpc) is 2.88. The van der Waals surface area contributed by atoms with E-state index >= 15 is 0 Å². The van der Waals surface area contributed by atoms with E-state index in [1.807, 2.05) is 25.3 Å². The first-order valence-corrected chi connectivity index (χ1v) is 7.86. The maximum atomic E-state index is 12.4. The molecule has 0 unspecified atom stereocenters. The Bertz CT molecular complexity index is 636. The van der Waals surface area contributed by atoms with Gasteiger partial charge in [0.2, 0.25) is 0 Å². The van der Waals surface area contributed by atoms with E-state index in [-0.39, 0.29) is 5.91 Å². The number of amides is 1. The number of anilines is 2. The fourth-order valence-corrected chi connectivity index (χ4v) is 2.72. The van der Waals surface area contributed by atoms with Crippen LogP contribution in [0.3, 0.4) is 0 Å². The lowest BCUT2D eigenvalue weighted by Gasteiger charge is -2.10. The fraction of sp³-hybridized carbons (Fsp3) is 0.400. The Balaban J connectivity index is 2.19. The molecule has 0 saturated heterocycles. The number of hydrogen-bond donors (Lipinski definition) is 2. The molecular weight excluding hydrogens is 284 g/mol. The van der Waals surface area contributed by atoms with Gasteiger partial charge >= 0.3 is 0 Å². The third-order valence-electron chi connectivity index (χ3n) is 2.99. The molecule has 2 aromatic heterocycles. The van der Waals surface area contributed by atoms with E-state index in [0.29, 0.717) is 16.6 Å². The average molecular weight is 304 g/mol. The molecule has 1 amide bonds. The van der Waals surface area contributed by atoms with Gasteiger partial charge in [-0.3, -0.25) is 15.1 Å². The molecule has 0 bridgehead atoms. The highest BCUT2D eigenvalue weighted by molar-refractivity contribution is 7.14. The fourth-order valence-electron chi connectivity index (χ4n) is 1.85. The molecule has 0 fully saturated rings. The summed E-state index contributed by atoms with van der Waals surface area (Å²) < 4.78 is 0. The molecule has 112 valence electrons. The highest BCUT2D eigenvalue weighted by Gasteiger charge is 2.14. The van der Waals surface area contributed by atoms with Crippen LogP contribution in [0.1, 0.15) is 48.4 Å². The van der Waals surface area contributed by atoms with E-state index in [0.717, 1.165) is 23.6 Å². The van der Waals surface area contributed by atoms with E-state index in [1.54, 1.807) is 6.20 Å². The van der Waals surface area contributed by atoms with Gasteiger partial charge in [-0.1, -0.05) is 13.8 Å². The van der Waals surface area contributed by atoms with Crippen molar-refractivity contribution < 1.29 is 4.79 Å². The quantitative estimate of drug-likeness (QED) is 0.884. The minimum atomic E-state index is -0.192. The molecule has 5 nitrogen and oxygen atoms in total. The predicted molar refractivity (Wildman–Crippen MR) is 87.3 cm³/mol. The van der Waals surface area contributed by atoms with Gasteiger partial charge in [0, 0.05) is 23.8 Å². The molecular formula is C15H20N4OS. The zero-order valence-corrected chi connectivity index (χ0v) is 13.5. The Morgan fingerprint density at radius 1 is 1.43 bits per heavy atom. The molecule has 0 radical (unpaired) electrons. The van der Waals surface area contributed by atoms with Crippen molar-refractivity contribution in [1.82, 2.24) is 9.97 Å². The lowest BCUT2D eigenvalue weighted by molar-refractivity contribution is 0.102. The molecule has 0 aliphatic carbocycles. The van der Waals surface area contributed by atoms with Crippen molar-refractivity contribution in [3.63, 3.8) is 0 Å². The summed E-state index contributed by atoms with van der Waals surface area (Å²) in [4.78, 5) is 21.0. The van der Waals surface area contributed by atoms with E-state index in [9.17, 15) is 4.79 Å². The van der Waals surface area contributed by atoms with Gasteiger partial charge in [-0.05, 0) is 25.8 Å². The molecule has 2 aromatic rings. The number of carbonyl (C=O) groups excluding carboxylic acids is 1. The van der Waals surface area contributed by atoms with Crippen molar-refractivity contribution in [2.45, 2.75) is 33.6 Å². The summed E-state index contributed by atoms with van der Waals surface area (Å²) in [6.45, 7) is 8.80. The molecule has 0 saturated carbocycles. The summed E-state index contributed by atoms with van der Waals surface area (Å²) in [5, 5.41) is 8.62. The smallest absolute Gasteiger partial charge is 0.261 e. The molecule has 0 aliphatic heterocycles. The third kappa shape index (κ3) is 3.78. The van der Waals surface area contributed by atoms with Crippen LogP contribution in [0, 0.1) is 6.92 Å². The monoisotopic (exact) mass is 304 g/mol. The van der Waals surface area contributed by atoms with Gasteiger partial charge in [-0.15, -0.1) is 11.3 Å². The minimum Gasteiger partial charge on any atom is -0.385 e. The molecule has 0 spiro atoms. The van der Waals surface area contributed by atoms with Crippen LogP contribution in [-0.2, 0) is 0 Å². The maximum absolute atomic E-state index is 12.4. The summed E-state index contributed by atoms with van der Waals surface area (Å²) in [5.74, 6) is 0.161. The Morgan fingerprint density at radius 2 is 2.19 bits per heavy atom. The van der Waals surface area contributed by atoms with Gasteiger partial charge in [0.15, 0.2) is 5.13 Å². The van der Waals surface area contributed by atoms with Crippen LogP contribution in [-0.4, -0.2) is 22.4 Å². The molecule has 0 aromatic carbocycles. The first kappa shape index (κ1) is 15.4. The summed E-state index contributed by atoms with van der Waals surface area (Å²) >= 11 is 1.44. The van der Waals surface area contributed by atoms with Gasteiger partial charge < -0.3 is 5.32 Å². The zero-order chi connectivity index (χ0) is 15.4. The van der Waals surface area contributed by atoms with Crippen LogP contribution < -0.4 is 10.6 Å². The Kier molecular flexibility index (Phi) is 4.90. The maximum Gasteiger partial charge on any atom is 0.261 e. The molecule has 6 heteroatoms. The second-order valence-corrected chi connectivity index (χ2v) is 5.95. The number of aromatic nitrogens is 2. The summed E-state index contributed by atoms with van der Waals surface area (Å²) in [6.07, 6.45) is 1.60. The zero-order valence-electron chi connectivity index (χ0n) is 12.7. The van der Waals surface area contributed by atoms with E-state index in [1.165, 1.54) is 11.3 Å². The van der Waals surface area contributed by atoms with E-state index < -0.39 is 0 Å². The van der Waals surface area contributed by atoms with Crippen molar-refractivity contribution in [1.29, 1.82) is 0 Å². The Hall–Kier alpha value is -1.95. The first-order chi connectivity index (χ1) is 10.0. The van der Waals surface area contributed by atoms with Crippen LogP contribution in [0.4, 0.5) is 10.8 Å². The summed E-state index contributed by atoms with van der Waals surface area (Å²) in [5.41, 5.74) is 3.19. The standard InChI is InChI=1S/C15H20N4OS/c1-5-16-12-6-10(4)17-7-11(12)14(20)19-15-18-13(8-21-15)9(2)3/h6-9H,5H2,1-4H3,(H,16,17)(H,18,19,20). The van der Waals surface area contributed by atoms with Crippen LogP contribution in [0.5, 0.6) is 0 Å². The topological polar surface area (TPSA) is 66.9 Å². The predicted octanol–water partition coefficient (Wildman–Crippen LogP) is 3.65. The summed E-state index contributed by atoms with van der Waals surface area (Å²) in [7, 11) is 0. The Morgan fingerprint density at radius 3 is 2.81 bits per heavy atom. The number of nitrogens with one attached hydrogen (secondary N) is 2. The summed E-state index contributed by atoms with van der Waals surface area (Å²) in [6, 6.07) is 1.87. The molecule has 0 aliphatic rings. The van der Waals surface area contributed by atoms with Crippen molar-refractivity contribution in [2.75, 3.05) is 17.2 Å². The SMILES string of the molecule is CCNc1cc(C)ncc1C(=O)Nc1nc(C(C)C)cs1. The van der Waals surface area contributed by atoms with Crippen LogP contribution in [0.2, 0.25) is 0 Å². The van der Waals surface area contributed by atoms with Crippen molar-refractivity contribution in [3.05, 3.63) is 34.6 Å². The van der Waals surface area contributed by atoms with Gasteiger partial charge in [0.25, 0.3) is 5.91 Å². The third-order valence-corrected chi connectivity index (χ3v) is 3.76. The largest absolute Gasteiger partial charge is 0.385 e. The van der Waals surface area contributed by atoms with Gasteiger partial charge in [-0.25, -0.2) is 4.98 Å². The lowest BCUT2D eigenvalue weighted by Crippen LogP contribution is -2.15. The number of carbonyl (C=O) groups is 1. The van der Waals surface area contributed by atoms with Gasteiger partial charge in [-0.2, -0.15) is 0 Å². The minimum absolute atomic E-state index is 0.192. The van der Waals surface area contributed by atoms with Gasteiger partial charge in [0.1, 0.15) is 0 Å². The van der Waals surface area contributed by atoms with Crippen LogP contribution in [0.15, 0.2) is 17.6 Å². The van der Waals surface area contributed by atoms with Crippen LogP contribution in [0.25, 0.3) is 0 Å². The number of aryl methyl sites for hydroxylation is 1. The van der Waals surface area contributed by atoms with E-state index in [2.05, 4.69) is 34.4 Å². The van der Waals surface area contributed by atoms with Gasteiger partial charge in [0.05, 0.1) is 16.9 Å². The van der Waals surface area contributed by atoms with Crippen molar-refractivity contribution in [3.8, 4) is 0 Å². The number of thiazole rings is 1. The number of nitrogens with zero attached hydrogens (tertiary/aromatic N) is 2. The lowest BCUT2D eigenvalue weighted by atomic mass is 10.2. The Labute approximate surface area is 128 Å². The van der Waals surface area contributed by atoms with Crippen molar-refractivity contribution >= 4 is 28.1 Å². The molecule has 0 atom stereocenters. The number of rotatable bonds is 5. The second kappa shape index (κ2) is 6.67. The molecule has 2 heterocycles. The number of pyridine rings is 1.